The number of benzene rings is 1. The summed E-state index contributed by atoms with van der Waals surface area (Å²) in [4.78, 5) is 2.49. The van der Waals surface area contributed by atoms with Crippen LogP contribution < -0.4 is 5.73 Å². The maximum absolute atomic E-state index is 5.98. The zero-order valence-corrected chi connectivity index (χ0v) is 11.4. The van der Waals surface area contributed by atoms with Gasteiger partial charge in [0.05, 0.1) is 0 Å². The molecule has 0 heterocycles. The molecule has 1 aromatic carbocycles. The highest BCUT2D eigenvalue weighted by atomic mass is 15.2. The Labute approximate surface area is 106 Å². The van der Waals surface area contributed by atoms with Crippen LogP contribution in [0.5, 0.6) is 0 Å². The van der Waals surface area contributed by atoms with Gasteiger partial charge in [0.1, 0.15) is 0 Å². The average Bonchev–Trinajstić information content (AvgIpc) is 2.36. The molecule has 1 aromatic rings. The van der Waals surface area contributed by atoms with Gasteiger partial charge < -0.3 is 5.73 Å². The molecule has 0 aromatic heterocycles. The van der Waals surface area contributed by atoms with Crippen LogP contribution in [0.1, 0.15) is 43.9 Å². The molecule has 1 unspecified atom stereocenters. The van der Waals surface area contributed by atoms with Crippen LogP contribution in [0, 0.1) is 6.92 Å². The van der Waals surface area contributed by atoms with Gasteiger partial charge in [-0.1, -0.05) is 44.5 Å². The fraction of sp³-hybridized carbons (Fsp3) is 0.600. The molecule has 2 N–H and O–H groups in total. The maximum Gasteiger partial charge on any atom is 0.0472 e. The molecule has 0 aliphatic carbocycles. The van der Waals surface area contributed by atoms with Crippen LogP contribution in [0.4, 0.5) is 0 Å². The van der Waals surface area contributed by atoms with Gasteiger partial charge in [0, 0.05) is 12.6 Å². The van der Waals surface area contributed by atoms with E-state index in [0.29, 0.717) is 12.6 Å². The maximum atomic E-state index is 5.98. The van der Waals surface area contributed by atoms with Crippen molar-refractivity contribution in [1.29, 1.82) is 0 Å². The predicted molar refractivity (Wildman–Crippen MR) is 75.1 cm³/mol. The molecule has 0 fully saturated rings. The molecule has 0 spiro atoms. The van der Waals surface area contributed by atoms with Gasteiger partial charge in [-0.2, -0.15) is 0 Å². The first-order chi connectivity index (χ1) is 8.24. The van der Waals surface area contributed by atoms with Crippen molar-refractivity contribution in [2.45, 2.75) is 39.7 Å². The summed E-state index contributed by atoms with van der Waals surface area (Å²) in [5.41, 5.74) is 8.71. The van der Waals surface area contributed by atoms with Crippen LogP contribution in [0.25, 0.3) is 0 Å². The van der Waals surface area contributed by atoms with Gasteiger partial charge in [0.2, 0.25) is 0 Å². The van der Waals surface area contributed by atoms with Crippen LogP contribution in [-0.4, -0.2) is 24.5 Å². The van der Waals surface area contributed by atoms with E-state index in [9.17, 15) is 0 Å². The van der Waals surface area contributed by atoms with E-state index >= 15 is 0 Å². The predicted octanol–water partition coefficient (Wildman–Crippen LogP) is 3.12. The molecule has 0 saturated carbocycles. The van der Waals surface area contributed by atoms with E-state index in [1.165, 1.54) is 24.0 Å². The minimum absolute atomic E-state index is 0.368. The third-order valence-electron chi connectivity index (χ3n) is 3.42. The van der Waals surface area contributed by atoms with Crippen molar-refractivity contribution in [3.8, 4) is 0 Å². The Morgan fingerprint density at radius 3 is 2.47 bits per heavy atom. The van der Waals surface area contributed by atoms with Gasteiger partial charge in [0.15, 0.2) is 0 Å². The van der Waals surface area contributed by atoms with E-state index in [4.69, 9.17) is 5.73 Å². The lowest BCUT2D eigenvalue weighted by Crippen LogP contribution is -2.34. The molecular weight excluding hydrogens is 208 g/mol. The van der Waals surface area contributed by atoms with Crippen LogP contribution >= 0.6 is 0 Å². The SMILES string of the molecule is CCCCN(CC)C(CN)c1ccccc1C. The normalized spacial score (nSPS) is 13.0. The molecule has 17 heavy (non-hydrogen) atoms. The fourth-order valence-corrected chi connectivity index (χ4v) is 2.33. The van der Waals surface area contributed by atoms with Crippen LogP contribution in [0.3, 0.4) is 0 Å². The molecule has 0 aliphatic heterocycles. The third-order valence-corrected chi connectivity index (χ3v) is 3.42. The Morgan fingerprint density at radius 2 is 1.94 bits per heavy atom. The number of likely N-dealkylation sites (N-methyl/N-ethyl adjacent to an activating group) is 1. The summed E-state index contributed by atoms with van der Waals surface area (Å²) < 4.78 is 0. The van der Waals surface area contributed by atoms with Crippen LogP contribution in [0.15, 0.2) is 24.3 Å². The van der Waals surface area contributed by atoms with E-state index in [-0.39, 0.29) is 0 Å². The Bertz CT molecular complexity index is 322. The molecular formula is C15H26N2. The number of nitrogens with two attached hydrogens (primary N) is 1. The Kier molecular flexibility index (Phi) is 6.23. The molecule has 2 heteroatoms. The Balaban J connectivity index is 2.85. The second-order valence-electron chi connectivity index (χ2n) is 4.59. The minimum Gasteiger partial charge on any atom is -0.329 e. The minimum atomic E-state index is 0.368. The van der Waals surface area contributed by atoms with Gasteiger partial charge >= 0.3 is 0 Å². The van der Waals surface area contributed by atoms with E-state index < -0.39 is 0 Å². The highest BCUT2D eigenvalue weighted by Crippen LogP contribution is 2.23. The number of unbranched alkanes of at least 4 members (excludes halogenated alkanes) is 1. The summed E-state index contributed by atoms with van der Waals surface area (Å²) in [7, 11) is 0. The largest absolute Gasteiger partial charge is 0.329 e. The van der Waals surface area contributed by atoms with Crippen molar-refractivity contribution < 1.29 is 0 Å². The van der Waals surface area contributed by atoms with E-state index in [1.54, 1.807) is 0 Å². The molecule has 2 nitrogen and oxygen atoms in total. The van der Waals surface area contributed by atoms with Crippen molar-refractivity contribution >= 4 is 0 Å². The van der Waals surface area contributed by atoms with Gasteiger partial charge in [0.25, 0.3) is 0 Å². The average molecular weight is 234 g/mol. The highest BCUT2D eigenvalue weighted by Gasteiger charge is 2.18. The second-order valence-corrected chi connectivity index (χ2v) is 4.59. The van der Waals surface area contributed by atoms with Gasteiger partial charge in [-0.05, 0) is 37.6 Å². The zero-order chi connectivity index (χ0) is 12.7. The molecule has 0 aliphatic rings. The number of rotatable bonds is 7. The summed E-state index contributed by atoms with van der Waals surface area (Å²) in [5, 5.41) is 0. The lowest BCUT2D eigenvalue weighted by atomic mass is 9.99. The summed E-state index contributed by atoms with van der Waals surface area (Å²) in [5.74, 6) is 0. The molecule has 0 radical (unpaired) electrons. The summed E-state index contributed by atoms with van der Waals surface area (Å²) in [6, 6.07) is 8.95. The molecule has 0 saturated heterocycles. The lowest BCUT2D eigenvalue weighted by molar-refractivity contribution is 0.208. The quantitative estimate of drug-likeness (QED) is 0.785. The molecule has 0 bridgehead atoms. The van der Waals surface area contributed by atoms with Crippen molar-refractivity contribution in [1.82, 2.24) is 4.90 Å². The molecule has 0 amide bonds. The molecule has 1 rings (SSSR count). The topological polar surface area (TPSA) is 29.3 Å². The fourth-order valence-electron chi connectivity index (χ4n) is 2.33. The highest BCUT2D eigenvalue weighted by molar-refractivity contribution is 5.29. The smallest absolute Gasteiger partial charge is 0.0472 e. The summed E-state index contributed by atoms with van der Waals surface area (Å²) in [6.07, 6.45) is 2.48. The first-order valence-electron chi connectivity index (χ1n) is 6.74. The lowest BCUT2D eigenvalue weighted by Gasteiger charge is -2.31. The van der Waals surface area contributed by atoms with E-state index in [0.717, 1.165) is 13.1 Å². The second kappa shape index (κ2) is 7.46. The summed E-state index contributed by atoms with van der Waals surface area (Å²) >= 11 is 0. The van der Waals surface area contributed by atoms with Crippen molar-refractivity contribution in [2.24, 2.45) is 5.73 Å². The van der Waals surface area contributed by atoms with Crippen molar-refractivity contribution in [2.75, 3.05) is 19.6 Å². The number of hydrogen-bond donors (Lipinski definition) is 1. The van der Waals surface area contributed by atoms with Crippen molar-refractivity contribution in [3.63, 3.8) is 0 Å². The number of aryl methyl sites for hydroxylation is 1. The number of nitrogens with zero attached hydrogens (tertiary/aromatic N) is 1. The Hall–Kier alpha value is -0.860. The van der Waals surface area contributed by atoms with E-state index in [2.05, 4.69) is 49.9 Å². The first-order valence-corrected chi connectivity index (χ1v) is 6.74. The first kappa shape index (κ1) is 14.2. The van der Waals surface area contributed by atoms with Crippen molar-refractivity contribution in [3.05, 3.63) is 35.4 Å². The molecule has 1 atom stereocenters. The van der Waals surface area contributed by atoms with Gasteiger partial charge in [-0.3, -0.25) is 4.90 Å². The summed E-state index contributed by atoms with van der Waals surface area (Å²) in [6.45, 7) is 9.53. The van der Waals surface area contributed by atoms with Gasteiger partial charge in [-0.25, -0.2) is 0 Å². The van der Waals surface area contributed by atoms with Crippen LogP contribution in [0.2, 0.25) is 0 Å². The van der Waals surface area contributed by atoms with Crippen LogP contribution in [-0.2, 0) is 0 Å². The monoisotopic (exact) mass is 234 g/mol. The zero-order valence-electron chi connectivity index (χ0n) is 11.4. The number of hydrogen-bond acceptors (Lipinski definition) is 2. The third kappa shape index (κ3) is 3.83. The van der Waals surface area contributed by atoms with E-state index in [1.807, 2.05) is 0 Å². The van der Waals surface area contributed by atoms with Gasteiger partial charge in [-0.15, -0.1) is 0 Å². The molecule has 96 valence electrons. The standard InChI is InChI=1S/C15H26N2/c1-4-6-11-17(5-2)15(12-16)14-10-8-7-9-13(14)3/h7-10,15H,4-6,11-12,16H2,1-3H3. The Morgan fingerprint density at radius 1 is 1.24 bits per heavy atom.